The fourth-order valence-corrected chi connectivity index (χ4v) is 8.59. The van der Waals surface area contributed by atoms with Crippen molar-refractivity contribution in [1.29, 1.82) is 0 Å². The van der Waals surface area contributed by atoms with Gasteiger partial charge in [0.1, 0.15) is 17.4 Å². The number of aromatic nitrogens is 2. The standard InChI is InChI=1S/C35H40N4O4/c1-5-22-13-14-24-17-26-35(41)18-25(31(40)37-33(3,4)32-36-30(38-43-32)23-9-7-6-8-10-23)20(2)29-34(35,27(24)28(22)42-29)15-16-39(26)19-21-11-12-21/h6-10,13-14,21,26,29,41H,5,11-12,15-19H2,1-4H3,(H,37,40)/t26-,29+,34+,35-/m1/s1. The van der Waals surface area contributed by atoms with E-state index in [0.29, 0.717) is 29.6 Å². The fraction of sp³-hybridized carbons (Fsp3) is 0.514. The largest absolute Gasteiger partial charge is 0.484 e. The number of amides is 1. The molecule has 2 N–H and O–H groups in total. The molecule has 4 atom stereocenters. The van der Waals surface area contributed by atoms with E-state index in [9.17, 15) is 9.90 Å². The summed E-state index contributed by atoms with van der Waals surface area (Å²) in [6.07, 6.45) is 4.91. The molecule has 43 heavy (non-hydrogen) atoms. The van der Waals surface area contributed by atoms with Crippen molar-refractivity contribution in [2.45, 2.75) is 94.9 Å². The van der Waals surface area contributed by atoms with E-state index in [4.69, 9.17) is 9.26 Å². The third kappa shape index (κ3) is 3.78. The van der Waals surface area contributed by atoms with Crippen LogP contribution in [0.5, 0.6) is 5.75 Å². The van der Waals surface area contributed by atoms with Crippen LogP contribution in [-0.4, -0.2) is 56.9 Å². The Hall–Kier alpha value is -3.49. The van der Waals surface area contributed by atoms with Crippen molar-refractivity contribution >= 4 is 5.91 Å². The number of piperidine rings is 1. The Morgan fingerprint density at radius 2 is 1.98 bits per heavy atom. The van der Waals surface area contributed by atoms with Crippen LogP contribution in [0.4, 0.5) is 0 Å². The molecular formula is C35H40N4O4. The Morgan fingerprint density at radius 1 is 1.19 bits per heavy atom. The Balaban J connectivity index is 1.17. The minimum Gasteiger partial charge on any atom is -0.484 e. The molecule has 8 heteroatoms. The van der Waals surface area contributed by atoms with Crippen LogP contribution in [0, 0.1) is 5.92 Å². The van der Waals surface area contributed by atoms with Gasteiger partial charge in [-0.15, -0.1) is 0 Å². The van der Waals surface area contributed by atoms with Gasteiger partial charge in [-0.3, -0.25) is 9.69 Å². The minimum absolute atomic E-state index is 0.0628. The van der Waals surface area contributed by atoms with Gasteiger partial charge < -0.3 is 19.7 Å². The van der Waals surface area contributed by atoms with Crippen molar-refractivity contribution in [1.82, 2.24) is 20.4 Å². The second-order valence-electron chi connectivity index (χ2n) is 13.9. The summed E-state index contributed by atoms with van der Waals surface area (Å²) in [5, 5.41) is 20.4. The Labute approximate surface area is 252 Å². The molecule has 3 aromatic rings. The van der Waals surface area contributed by atoms with E-state index in [2.05, 4.69) is 39.4 Å². The van der Waals surface area contributed by atoms with Gasteiger partial charge in [0.15, 0.2) is 0 Å². The normalized spacial score (nSPS) is 29.3. The quantitative estimate of drug-likeness (QED) is 0.413. The maximum Gasteiger partial charge on any atom is 0.252 e. The number of aliphatic hydroxyl groups is 1. The highest BCUT2D eigenvalue weighted by Gasteiger charge is 2.72. The first-order valence-electron chi connectivity index (χ1n) is 15.9. The van der Waals surface area contributed by atoms with Crippen LogP contribution >= 0.6 is 0 Å². The lowest BCUT2D eigenvalue weighted by Gasteiger charge is -2.63. The summed E-state index contributed by atoms with van der Waals surface area (Å²) in [6, 6.07) is 14.1. The summed E-state index contributed by atoms with van der Waals surface area (Å²) in [6.45, 7) is 9.89. The second kappa shape index (κ2) is 9.26. The molecule has 5 aliphatic rings. The molecule has 2 fully saturated rings. The van der Waals surface area contributed by atoms with Gasteiger partial charge in [-0.1, -0.05) is 54.5 Å². The van der Waals surface area contributed by atoms with Crippen molar-refractivity contribution in [3.63, 3.8) is 0 Å². The molecule has 8 rings (SSSR count). The summed E-state index contributed by atoms with van der Waals surface area (Å²) in [7, 11) is 0. The molecule has 1 saturated carbocycles. The predicted octanol–water partition coefficient (Wildman–Crippen LogP) is 4.84. The zero-order valence-electron chi connectivity index (χ0n) is 25.4. The summed E-state index contributed by atoms with van der Waals surface area (Å²) in [5.74, 6) is 2.24. The molecule has 1 amide bonds. The van der Waals surface area contributed by atoms with Gasteiger partial charge in [0.2, 0.25) is 11.7 Å². The van der Waals surface area contributed by atoms with Crippen LogP contribution < -0.4 is 10.1 Å². The van der Waals surface area contributed by atoms with Crippen LogP contribution in [0.15, 0.2) is 58.1 Å². The first-order valence-corrected chi connectivity index (χ1v) is 15.9. The van der Waals surface area contributed by atoms with Crippen molar-refractivity contribution in [3.05, 3.63) is 76.2 Å². The maximum atomic E-state index is 14.2. The lowest BCUT2D eigenvalue weighted by Crippen LogP contribution is -2.75. The number of carbonyl (C=O) groups excluding carboxylic acids is 1. The predicted molar refractivity (Wildman–Crippen MR) is 161 cm³/mol. The van der Waals surface area contributed by atoms with Crippen LogP contribution in [0.1, 0.15) is 76.0 Å². The molecule has 1 spiro atoms. The van der Waals surface area contributed by atoms with Gasteiger partial charge >= 0.3 is 0 Å². The smallest absolute Gasteiger partial charge is 0.252 e. The van der Waals surface area contributed by atoms with E-state index in [0.717, 1.165) is 49.2 Å². The van der Waals surface area contributed by atoms with E-state index in [1.54, 1.807) is 0 Å². The molecule has 1 saturated heterocycles. The fourth-order valence-electron chi connectivity index (χ4n) is 8.59. The summed E-state index contributed by atoms with van der Waals surface area (Å²) in [5.41, 5.74) is 3.46. The number of hydrogen-bond acceptors (Lipinski definition) is 7. The highest BCUT2D eigenvalue weighted by Crippen LogP contribution is 2.65. The van der Waals surface area contributed by atoms with Gasteiger partial charge in [0.05, 0.1) is 11.0 Å². The Kier molecular flexibility index (Phi) is 5.83. The number of rotatable bonds is 7. The molecular weight excluding hydrogens is 540 g/mol. The summed E-state index contributed by atoms with van der Waals surface area (Å²) in [4.78, 5) is 21.4. The zero-order valence-corrected chi connectivity index (χ0v) is 25.4. The number of benzene rings is 2. The average molecular weight is 581 g/mol. The summed E-state index contributed by atoms with van der Waals surface area (Å²) < 4.78 is 12.5. The monoisotopic (exact) mass is 580 g/mol. The summed E-state index contributed by atoms with van der Waals surface area (Å²) >= 11 is 0. The van der Waals surface area contributed by atoms with Gasteiger partial charge in [-0.05, 0) is 82.0 Å². The van der Waals surface area contributed by atoms with Gasteiger partial charge in [-0.2, -0.15) is 4.98 Å². The highest BCUT2D eigenvalue weighted by molar-refractivity contribution is 5.96. The first kappa shape index (κ1) is 27.1. The molecule has 3 aliphatic carbocycles. The highest BCUT2D eigenvalue weighted by atomic mass is 16.5. The molecule has 224 valence electrons. The first-order chi connectivity index (χ1) is 20.7. The molecule has 2 aliphatic heterocycles. The molecule has 2 aromatic carbocycles. The third-order valence-electron chi connectivity index (χ3n) is 11.0. The lowest BCUT2D eigenvalue weighted by molar-refractivity contribution is -0.167. The SMILES string of the molecule is CCc1ccc2c3c1O[C@H]1C(C)=C(C(=O)NC(C)(C)c4nc(-c5ccccc5)no4)C[C@@]4(O)[C@@H](C2)N(CC2CC2)CC[C@]314. The van der Waals surface area contributed by atoms with Crippen LogP contribution in [0.3, 0.4) is 0 Å². The topological polar surface area (TPSA) is 101 Å². The van der Waals surface area contributed by atoms with Crippen LogP contribution in [-0.2, 0) is 28.6 Å². The lowest BCUT2D eigenvalue weighted by atomic mass is 9.48. The van der Waals surface area contributed by atoms with Crippen LogP contribution in [0.25, 0.3) is 11.4 Å². The number of carbonyl (C=O) groups is 1. The Morgan fingerprint density at radius 3 is 2.72 bits per heavy atom. The minimum atomic E-state index is -1.11. The molecule has 3 heterocycles. The van der Waals surface area contributed by atoms with Crippen molar-refractivity contribution in [3.8, 4) is 17.1 Å². The van der Waals surface area contributed by atoms with E-state index in [1.165, 1.54) is 29.5 Å². The molecule has 0 unspecified atom stereocenters. The molecule has 2 bridgehead atoms. The molecule has 0 radical (unpaired) electrons. The van der Waals surface area contributed by atoms with Crippen molar-refractivity contribution in [2.75, 3.05) is 13.1 Å². The van der Waals surface area contributed by atoms with Gasteiger partial charge in [0, 0.05) is 35.7 Å². The number of aryl methyl sites for hydroxylation is 1. The molecule has 8 nitrogen and oxygen atoms in total. The second-order valence-corrected chi connectivity index (χ2v) is 13.9. The van der Waals surface area contributed by atoms with E-state index >= 15 is 0 Å². The Bertz CT molecular complexity index is 1660. The average Bonchev–Trinajstić information content (AvgIpc) is 3.52. The molecule has 1 aromatic heterocycles. The zero-order chi connectivity index (χ0) is 29.7. The number of hydrogen-bond donors (Lipinski definition) is 2. The number of likely N-dealkylation sites (tertiary alicyclic amines) is 1. The maximum absolute atomic E-state index is 14.2. The van der Waals surface area contributed by atoms with Crippen molar-refractivity contribution in [2.24, 2.45) is 5.92 Å². The van der Waals surface area contributed by atoms with Gasteiger partial charge in [-0.25, -0.2) is 0 Å². The third-order valence-corrected chi connectivity index (χ3v) is 11.0. The van der Waals surface area contributed by atoms with Crippen LogP contribution in [0.2, 0.25) is 0 Å². The van der Waals surface area contributed by atoms with Crippen molar-refractivity contribution < 1.29 is 19.2 Å². The number of nitrogens with zero attached hydrogens (tertiary/aromatic N) is 3. The number of nitrogens with one attached hydrogen (secondary N) is 1. The number of ether oxygens (including phenoxy) is 1. The van der Waals surface area contributed by atoms with E-state index in [-0.39, 0.29) is 18.1 Å². The van der Waals surface area contributed by atoms with E-state index < -0.39 is 16.6 Å². The van der Waals surface area contributed by atoms with Gasteiger partial charge in [0.25, 0.3) is 5.89 Å². The van der Waals surface area contributed by atoms with E-state index in [1.807, 2.05) is 51.1 Å².